The Hall–Kier alpha value is -1.05. The molecule has 5 unspecified atom stereocenters. The minimum absolute atomic E-state index is 0.0242. The van der Waals surface area contributed by atoms with Gasteiger partial charge in [0.05, 0.1) is 18.8 Å². The van der Waals surface area contributed by atoms with Crippen molar-refractivity contribution in [2.45, 2.75) is 111 Å². The molecule has 0 saturated heterocycles. The molecule has 3 N–H and O–H groups in total. The van der Waals surface area contributed by atoms with Gasteiger partial charge in [-0.3, -0.25) is 4.79 Å². The topological polar surface area (TPSA) is 105 Å². The number of alkyl halides is 1. The molecule has 4 aliphatic rings. The molecule has 0 radical (unpaired) electrons. The summed E-state index contributed by atoms with van der Waals surface area (Å²) in [6.45, 7) is 9.23. The fourth-order valence-corrected chi connectivity index (χ4v) is 8.88. The standard InChI is InChI=1S/C27H44ClNO6.C2H6/c1-26-11-9-21-24(22(31)15-18-14-19(30)8-10-27(18,21)2)20(26)7-6-17(26)4-3-5-23(32)29-12-13-34-25(33)35-16-28;1-2/h17-22,24,30-31H,3-16H2,1-2H3,(H,29,32);1-2H3/t17?,18-,19+,20?,21?,22+,24-,26?,27?;/m0./s1. The molecular formula is C29H50ClNO6. The molecule has 37 heavy (non-hydrogen) atoms. The van der Waals surface area contributed by atoms with Gasteiger partial charge in [-0.1, -0.05) is 39.3 Å². The summed E-state index contributed by atoms with van der Waals surface area (Å²) < 4.78 is 9.26. The smallest absolute Gasteiger partial charge is 0.432 e. The van der Waals surface area contributed by atoms with Crippen LogP contribution in [0.5, 0.6) is 0 Å². The highest BCUT2D eigenvalue weighted by Gasteiger charge is 2.62. The second-order valence-electron chi connectivity index (χ2n) is 12.1. The lowest BCUT2D eigenvalue weighted by molar-refractivity contribution is -0.172. The van der Waals surface area contributed by atoms with Gasteiger partial charge >= 0.3 is 6.16 Å². The minimum atomic E-state index is -0.832. The van der Waals surface area contributed by atoms with Gasteiger partial charge in [0.25, 0.3) is 0 Å². The first-order valence-corrected chi connectivity index (χ1v) is 15.2. The molecule has 7 nitrogen and oxygen atoms in total. The highest BCUT2D eigenvalue weighted by Crippen LogP contribution is 2.67. The number of halogens is 1. The predicted molar refractivity (Wildman–Crippen MR) is 144 cm³/mol. The first kappa shape index (κ1) is 30.5. The van der Waals surface area contributed by atoms with Gasteiger partial charge in [0.2, 0.25) is 5.91 Å². The number of carbonyl (C=O) groups excluding carboxylic acids is 2. The van der Waals surface area contributed by atoms with Gasteiger partial charge in [-0.15, -0.1) is 0 Å². The van der Waals surface area contributed by atoms with Crippen LogP contribution in [-0.2, 0) is 14.3 Å². The van der Waals surface area contributed by atoms with E-state index in [9.17, 15) is 19.8 Å². The van der Waals surface area contributed by atoms with Crippen LogP contribution in [0.3, 0.4) is 0 Å². The summed E-state index contributed by atoms with van der Waals surface area (Å²) in [4.78, 5) is 23.3. The molecule has 0 bridgehead atoms. The molecule has 4 saturated carbocycles. The summed E-state index contributed by atoms with van der Waals surface area (Å²) in [5, 5.41) is 24.4. The molecule has 0 heterocycles. The number of fused-ring (bicyclic) bond motifs is 5. The lowest BCUT2D eigenvalue weighted by Crippen LogP contribution is -2.58. The summed E-state index contributed by atoms with van der Waals surface area (Å²) in [5.41, 5.74) is 0.498. The second-order valence-corrected chi connectivity index (χ2v) is 12.4. The van der Waals surface area contributed by atoms with Crippen LogP contribution >= 0.6 is 11.6 Å². The summed E-state index contributed by atoms with van der Waals surface area (Å²) >= 11 is 5.29. The molecule has 0 aliphatic heterocycles. The Labute approximate surface area is 228 Å². The van der Waals surface area contributed by atoms with Crippen molar-refractivity contribution in [1.82, 2.24) is 5.32 Å². The van der Waals surface area contributed by atoms with E-state index in [0.717, 1.165) is 38.5 Å². The number of nitrogens with one attached hydrogen (secondary N) is 1. The zero-order valence-electron chi connectivity index (χ0n) is 23.3. The summed E-state index contributed by atoms with van der Waals surface area (Å²) in [5.74, 6) is 2.52. The largest absolute Gasteiger partial charge is 0.509 e. The average molecular weight is 544 g/mol. The third-order valence-electron chi connectivity index (χ3n) is 10.6. The van der Waals surface area contributed by atoms with Crippen molar-refractivity contribution >= 4 is 23.7 Å². The van der Waals surface area contributed by atoms with Crippen molar-refractivity contribution in [3.05, 3.63) is 0 Å². The molecule has 8 heteroatoms. The maximum Gasteiger partial charge on any atom is 0.509 e. The maximum atomic E-state index is 12.2. The Morgan fingerprint density at radius 1 is 0.973 bits per heavy atom. The van der Waals surface area contributed by atoms with Crippen molar-refractivity contribution in [2.75, 3.05) is 19.2 Å². The van der Waals surface area contributed by atoms with Gasteiger partial charge in [0, 0.05) is 6.42 Å². The van der Waals surface area contributed by atoms with Crippen LogP contribution in [0.1, 0.15) is 98.3 Å². The van der Waals surface area contributed by atoms with Crippen LogP contribution in [-0.4, -0.2) is 53.7 Å². The average Bonchev–Trinajstić information content (AvgIpc) is 3.20. The number of amides is 1. The Balaban J connectivity index is 0.00000186. The third-order valence-corrected chi connectivity index (χ3v) is 10.7. The van der Waals surface area contributed by atoms with Crippen molar-refractivity contribution in [1.29, 1.82) is 0 Å². The third kappa shape index (κ3) is 6.58. The first-order chi connectivity index (χ1) is 17.7. The molecule has 0 aromatic rings. The number of carbonyl (C=O) groups is 2. The van der Waals surface area contributed by atoms with Crippen LogP contribution in [0.2, 0.25) is 0 Å². The second kappa shape index (κ2) is 13.3. The number of aliphatic hydroxyl groups is 2. The van der Waals surface area contributed by atoms with Crippen molar-refractivity contribution in [2.24, 2.45) is 40.4 Å². The fourth-order valence-electron chi connectivity index (χ4n) is 8.79. The van der Waals surface area contributed by atoms with Crippen molar-refractivity contribution in [3.63, 3.8) is 0 Å². The van der Waals surface area contributed by atoms with Gasteiger partial charge in [-0.25, -0.2) is 4.79 Å². The van der Waals surface area contributed by atoms with E-state index in [1.807, 2.05) is 13.8 Å². The van der Waals surface area contributed by atoms with E-state index >= 15 is 0 Å². The summed E-state index contributed by atoms with van der Waals surface area (Å²) in [6.07, 6.45) is 9.55. The van der Waals surface area contributed by atoms with E-state index < -0.39 is 6.16 Å². The van der Waals surface area contributed by atoms with Crippen LogP contribution in [0.25, 0.3) is 0 Å². The molecule has 0 aromatic carbocycles. The molecule has 4 aliphatic carbocycles. The molecule has 0 spiro atoms. The van der Waals surface area contributed by atoms with Crippen LogP contribution in [0.4, 0.5) is 4.79 Å². The monoisotopic (exact) mass is 543 g/mol. The predicted octanol–water partition coefficient (Wildman–Crippen LogP) is 5.64. The summed E-state index contributed by atoms with van der Waals surface area (Å²) in [7, 11) is 0. The number of aliphatic hydroxyl groups excluding tert-OH is 2. The summed E-state index contributed by atoms with van der Waals surface area (Å²) in [6, 6.07) is -0.254. The first-order valence-electron chi connectivity index (χ1n) is 14.7. The normalized spacial score (nSPS) is 40.2. The Morgan fingerprint density at radius 2 is 1.68 bits per heavy atom. The van der Waals surface area contributed by atoms with Crippen LogP contribution in [0.15, 0.2) is 0 Å². The molecule has 9 atom stereocenters. The van der Waals surface area contributed by atoms with E-state index in [-0.39, 0.29) is 48.2 Å². The molecule has 4 fully saturated rings. The van der Waals surface area contributed by atoms with Crippen LogP contribution < -0.4 is 5.32 Å². The number of hydrogen-bond acceptors (Lipinski definition) is 6. The zero-order chi connectivity index (χ0) is 27.2. The highest BCUT2D eigenvalue weighted by molar-refractivity contribution is 6.17. The van der Waals surface area contributed by atoms with E-state index in [1.165, 1.54) is 25.7 Å². The molecule has 214 valence electrons. The lowest BCUT2D eigenvalue weighted by atomic mass is 9.44. The quantitative estimate of drug-likeness (QED) is 0.208. The van der Waals surface area contributed by atoms with E-state index in [1.54, 1.807) is 0 Å². The Bertz CT molecular complexity index is 767. The Morgan fingerprint density at radius 3 is 2.41 bits per heavy atom. The van der Waals surface area contributed by atoms with Gasteiger partial charge in [0.1, 0.15) is 6.61 Å². The van der Waals surface area contributed by atoms with Crippen molar-refractivity contribution in [3.8, 4) is 0 Å². The van der Waals surface area contributed by atoms with E-state index in [2.05, 4.69) is 23.9 Å². The number of rotatable bonds is 8. The van der Waals surface area contributed by atoms with Gasteiger partial charge in [-0.05, 0) is 105 Å². The van der Waals surface area contributed by atoms with Crippen molar-refractivity contribution < 1.29 is 29.3 Å². The van der Waals surface area contributed by atoms with Gasteiger partial charge < -0.3 is 25.0 Å². The maximum absolute atomic E-state index is 12.2. The zero-order valence-corrected chi connectivity index (χ0v) is 24.1. The Kier molecular flexibility index (Phi) is 11.0. The number of hydrogen-bond donors (Lipinski definition) is 3. The lowest BCUT2D eigenvalue weighted by Gasteiger charge is -2.62. The van der Waals surface area contributed by atoms with Gasteiger partial charge in [-0.2, -0.15) is 0 Å². The molecule has 1 amide bonds. The van der Waals surface area contributed by atoms with Crippen LogP contribution in [0, 0.1) is 40.4 Å². The van der Waals surface area contributed by atoms with Gasteiger partial charge in [0.15, 0.2) is 6.07 Å². The highest BCUT2D eigenvalue weighted by atomic mass is 35.5. The minimum Gasteiger partial charge on any atom is -0.432 e. The SMILES string of the molecule is CC.CC12CCC3[C@H](C1CCC2CCCC(=O)NCCOC(=O)OCCl)[C@H](O)C[C@@H]1C[C@H](O)CCC31C. The fraction of sp³-hybridized carbons (Fsp3) is 0.931. The van der Waals surface area contributed by atoms with E-state index in [0.29, 0.717) is 36.0 Å². The number of ether oxygens (including phenoxy) is 2. The van der Waals surface area contributed by atoms with E-state index in [4.69, 9.17) is 16.3 Å². The molecule has 0 aromatic heterocycles. The molecular weight excluding hydrogens is 494 g/mol. The molecule has 4 rings (SSSR count).